The molecule has 0 amide bonds. The van der Waals surface area contributed by atoms with Crippen molar-refractivity contribution >= 4 is 0 Å². The molecule has 0 aliphatic heterocycles. The van der Waals surface area contributed by atoms with Crippen molar-refractivity contribution in [2.24, 2.45) is 11.7 Å². The van der Waals surface area contributed by atoms with Crippen LogP contribution in [0.2, 0.25) is 0 Å². The van der Waals surface area contributed by atoms with Crippen molar-refractivity contribution in [2.75, 3.05) is 6.54 Å². The van der Waals surface area contributed by atoms with Gasteiger partial charge in [-0.25, -0.2) is 0 Å². The molecule has 1 aliphatic rings. The monoisotopic (exact) mass is 184 g/mol. The van der Waals surface area contributed by atoms with Gasteiger partial charge >= 0.3 is 0 Å². The highest BCUT2D eigenvalue weighted by Crippen LogP contribution is 2.25. The SMILES string of the molecule is CCCC(N)CCNC1CC(C)C1. The van der Waals surface area contributed by atoms with Crippen molar-refractivity contribution in [1.82, 2.24) is 5.32 Å². The van der Waals surface area contributed by atoms with E-state index in [1.54, 1.807) is 0 Å². The van der Waals surface area contributed by atoms with Gasteiger partial charge in [-0.05, 0) is 38.1 Å². The summed E-state index contributed by atoms with van der Waals surface area (Å²) in [4.78, 5) is 0. The van der Waals surface area contributed by atoms with Gasteiger partial charge in [0.15, 0.2) is 0 Å². The molecular weight excluding hydrogens is 160 g/mol. The lowest BCUT2D eigenvalue weighted by Gasteiger charge is -2.33. The topological polar surface area (TPSA) is 38.0 Å². The van der Waals surface area contributed by atoms with Gasteiger partial charge in [0.2, 0.25) is 0 Å². The Hall–Kier alpha value is -0.0800. The minimum atomic E-state index is 0.412. The Morgan fingerprint density at radius 1 is 1.38 bits per heavy atom. The Morgan fingerprint density at radius 2 is 2.08 bits per heavy atom. The quantitative estimate of drug-likeness (QED) is 0.661. The summed E-state index contributed by atoms with van der Waals surface area (Å²) in [5.41, 5.74) is 5.92. The van der Waals surface area contributed by atoms with Gasteiger partial charge in [0, 0.05) is 12.1 Å². The summed E-state index contributed by atoms with van der Waals surface area (Å²) >= 11 is 0. The summed E-state index contributed by atoms with van der Waals surface area (Å²) < 4.78 is 0. The predicted octanol–water partition coefficient (Wildman–Crippen LogP) is 1.89. The lowest BCUT2D eigenvalue weighted by atomic mass is 9.82. The third kappa shape index (κ3) is 4.10. The van der Waals surface area contributed by atoms with Crippen LogP contribution in [0, 0.1) is 5.92 Å². The van der Waals surface area contributed by atoms with Crippen molar-refractivity contribution < 1.29 is 0 Å². The van der Waals surface area contributed by atoms with Crippen LogP contribution in [0.1, 0.15) is 46.0 Å². The van der Waals surface area contributed by atoms with E-state index in [4.69, 9.17) is 5.73 Å². The molecule has 0 saturated heterocycles. The standard InChI is InChI=1S/C11H24N2/c1-3-4-10(12)5-6-13-11-7-9(2)8-11/h9-11,13H,3-8,12H2,1-2H3. The maximum Gasteiger partial charge on any atom is 0.00721 e. The number of hydrogen-bond acceptors (Lipinski definition) is 2. The molecule has 0 aromatic carbocycles. The third-order valence-corrected chi connectivity index (χ3v) is 2.98. The van der Waals surface area contributed by atoms with Gasteiger partial charge in [-0.15, -0.1) is 0 Å². The average molecular weight is 184 g/mol. The van der Waals surface area contributed by atoms with Gasteiger partial charge in [-0.2, -0.15) is 0 Å². The molecule has 13 heavy (non-hydrogen) atoms. The predicted molar refractivity (Wildman–Crippen MR) is 57.7 cm³/mol. The number of nitrogens with two attached hydrogens (primary N) is 1. The van der Waals surface area contributed by atoms with E-state index < -0.39 is 0 Å². The molecule has 1 saturated carbocycles. The van der Waals surface area contributed by atoms with Crippen LogP contribution in [0.15, 0.2) is 0 Å². The van der Waals surface area contributed by atoms with E-state index in [1.807, 2.05) is 0 Å². The molecule has 78 valence electrons. The Kier molecular flexibility index (Phi) is 4.74. The molecule has 2 heteroatoms. The van der Waals surface area contributed by atoms with Crippen LogP contribution >= 0.6 is 0 Å². The van der Waals surface area contributed by atoms with Gasteiger partial charge < -0.3 is 11.1 Å². The van der Waals surface area contributed by atoms with Crippen LogP contribution in [0.25, 0.3) is 0 Å². The first-order valence-corrected chi connectivity index (χ1v) is 5.71. The second-order valence-electron chi connectivity index (χ2n) is 4.57. The van der Waals surface area contributed by atoms with Crippen LogP contribution in [0.5, 0.6) is 0 Å². The molecule has 2 nitrogen and oxygen atoms in total. The summed E-state index contributed by atoms with van der Waals surface area (Å²) in [6.45, 7) is 5.63. The zero-order valence-corrected chi connectivity index (χ0v) is 9.05. The van der Waals surface area contributed by atoms with Gasteiger partial charge in [-0.3, -0.25) is 0 Å². The highest BCUT2D eigenvalue weighted by atomic mass is 14.9. The highest BCUT2D eigenvalue weighted by molar-refractivity contribution is 4.82. The normalized spacial score (nSPS) is 29.8. The molecule has 1 atom stereocenters. The number of rotatable bonds is 6. The van der Waals surface area contributed by atoms with E-state index in [0.29, 0.717) is 6.04 Å². The molecule has 3 N–H and O–H groups in total. The molecule has 0 radical (unpaired) electrons. The Labute approximate surface area is 82.3 Å². The molecule has 1 aliphatic carbocycles. The first-order valence-electron chi connectivity index (χ1n) is 5.71. The molecule has 1 rings (SSSR count). The molecule has 1 fully saturated rings. The summed E-state index contributed by atoms with van der Waals surface area (Å²) in [6.07, 6.45) is 6.25. The van der Waals surface area contributed by atoms with Gasteiger partial charge in [0.1, 0.15) is 0 Å². The van der Waals surface area contributed by atoms with Crippen LogP contribution < -0.4 is 11.1 Å². The highest BCUT2D eigenvalue weighted by Gasteiger charge is 2.24. The third-order valence-electron chi connectivity index (χ3n) is 2.98. The zero-order valence-electron chi connectivity index (χ0n) is 9.05. The van der Waals surface area contributed by atoms with E-state index in [2.05, 4.69) is 19.2 Å². The van der Waals surface area contributed by atoms with Crippen molar-refractivity contribution in [2.45, 2.75) is 58.0 Å². The number of nitrogens with one attached hydrogen (secondary N) is 1. The van der Waals surface area contributed by atoms with Crippen molar-refractivity contribution in [3.8, 4) is 0 Å². The van der Waals surface area contributed by atoms with Crippen molar-refractivity contribution in [1.29, 1.82) is 0 Å². The maximum atomic E-state index is 5.92. The smallest absolute Gasteiger partial charge is 0.00721 e. The molecular formula is C11H24N2. The summed E-state index contributed by atoms with van der Waals surface area (Å²) in [5, 5.41) is 3.56. The summed E-state index contributed by atoms with van der Waals surface area (Å²) in [6, 6.07) is 1.21. The molecule has 1 unspecified atom stereocenters. The van der Waals surface area contributed by atoms with Crippen molar-refractivity contribution in [3.05, 3.63) is 0 Å². The van der Waals surface area contributed by atoms with E-state index in [-0.39, 0.29) is 0 Å². The van der Waals surface area contributed by atoms with Gasteiger partial charge in [0.05, 0.1) is 0 Å². The van der Waals surface area contributed by atoms with E-state index in [0.717, 1.165) is 24.9 Å². The fourth-order valence-electron chi connectivity index (χ4n) is 2.06. The van der Waals surface area contributed by atoms with Crippen molar-refractivity contribution in [3.63, 3.8) is 0 Å². The lowest BCUT2D eigenvalue weighted by molar-refractivity contribution is 0.240. The minimum Gasteiger partial charge on any atom is -0.328 e. The van der Waals surface area contributed by atoms with E-state index in [1.165, 1.54) is 25.7 Å². The largest absolute Gasteiger partial charge is 0.328 e. The fraction of sp³-hybridized carbons (Fsp3) is 1.00. The molecule has 0 spiro atoms. The Balaban J connectivity index is 1.89. The van der Waals surface area contributed by atoms with E-state index >= 15 is 0 Å². The zero-order chi connectivity index (χ0) is 9.68. The summed E-state index contributed by atoms with van der Waals surface area (Å²) in [7, 11) is 0. The minimum absolute atomic E-state index is 0.412. The van der Waals surface area contributed by atoms with Gasteiger partial charge in [0.25, 0.3) is 0 Å². The van der Waals surface area contributed by atoms with Crippen LogP contribution in [-0.2, 0) is 0 Å². The Morgan fingerprint density at radius 3 is 2.62 bits per heavy atom. The molecule has 0 aromatic rings. The Bertz CT molecular complexity index is 125. The van der Waals surface area contributed by atoms with E-state index in [9.17, 15) is 0 Å². The fourth-order valence-corrected chi connectivity index (χ4v) is 2.06. The second-order valence-corrected chi connectivity index (χ2v) is 4.57. The average Bonchev–Trinajstić information content (AvgIpc) is 2.01. The van der Waals surface area contributed by atoms with Crippen LogP contribution in [0.3, 0.4) is 0 Å². The number of hydrogen-bond donors (Lipinski definition) is 2. The van der Waals surface area contributed by atoms with Gasteiger partial charge in [-0.1, -0.05) is 20.3 Å². The summed E-state index contributed by atoms with van der Waals surface area (Å²) in [5.74, 6) is 0.946. The van der Waals surface area contributed by atoms with Crippen LogP contribution in [-0.4, -0.2) is 18.6 Å². The first-order chi connectivity index (χ1) is 6.22. The molecule has 0 aromatic heterocycles. The lowest BCUT2D eigenvalue weighted by Crippen LogP contribution is -2.41. The maximum absolute atomic E-state index is 5.92. The molecule has 0 bridgehead atoms. The van der Waals surface area contributed by atoms with Crippen LogP contribution in [0.4, 0.5) is 0 Å². The molecule has 0 heterocycles. The first kappa shape index (κ1) is 11.0. The second kappa shape index (κ2) is 5.61.